The van der Waals surface area contributed by atoms with Crippen LogP contribution < -0.4 is 0 Å². The van der Waals surface area contributed by atoms with Crippen molar-refractivity contribution in [1.29, 1.82) is 0 Å². The lowest BCUT2D eigenvalue weighted by Gasteiger charge is -2.31. The zero-order valence-corrected chi connectivity index (χ0v) is 14.6. The molecule has 0 nitrogen and oxygen atoms in total. The molecule has 5 atom stereocenters. The maximum Gasteiger partial charge on any atom is 0.00450 e. The van der Waals surface area contributed by atoms with Gasteiger partial charge in [0.25, 0.3) is 0 Å². The van der Waals surface area contributed by atoms with Gasteiger partial charge >= 0.3 is 0 Å². The Labute approximate surface area is 127 Å². The van der Waals surface area contributed by atoms with Gasteiger partial charge in [-0.05, 0) is 42.9 Å². The first-order chi connectivity index (χ1) is 9.06. The normalized spacial score (nSPS) is 38.1. The SMILES string of the molecule is CCCCC1CCC(C)CC(S)C(C)CC(CC)C1. The van der Waals surface area contributed by atoms with Crippen LogP contribution in [-0.4, -0.2) is 5.25 Å². The summed E-state index contributed by atoms with van der Waals surface area (Å²) >= 11 is 4.87. The Morgan fingerprint density at radius 3 is 2.32 bits per heavy atom. The van der Waals surface area contributed by atoms with Crippen LogP contribution in [0.15, 0.2) is 0 Å². The van der Waals surface area contributed by atoms with Gasteiger partial charge in [0.2, 0.25) is 0 Å². The van der Waals surface area contributed by atoms with E-state index in [-0.39, 0.29) is 0 Å². The molecule has 0 aromatic carbocycles. The molecule has 0 spiro atoms. The van der Waals surface area contributed by atoms with Crippen LogP contribution in [0.25, 0.3) is 0 Å². The van der Waals surface area contributed by atoms with E-state index >= 15 is 0 Å². The van der Waals surface area contributed by atoms with Gasteiger partial charge in [-0.1, -0.05) is 66.2 Å². The van der Waals surface area contributed by atoms with Crippen molar-refractivity contribution in [1.82, 2.24) is 0 Å². The quantitative estimate of drug-likeness (QED) is 0.571. The Morgan fingerprint density at radius 2 is 1.68 bits per heavy atom. The molecule has 1 aliphatic rings. The Balaban J connectivity index is 2.62. The second-order valence-corrected chi connectivity index (χ2v) is 7.88. The van der Waals surface area contributed by atoms with Crippen LogP contribution in [0.2, 0.25) is 0 Å². The van der Waals surface area contributed by atoms with Crippen LogP contribution in [0.1, 0.15) is 85.5 Å². The molecule has 0 saturated heterocycles. The van der Waals surface area contributed by atoms with Gasteiger partial charge in [0.05, 0.1) is 0 Å². The van der Waals surface area contributed by atoms with E-state index in [1.165, 1.54) is 57.8 Å². The predicted molar refractivity (Wildman–Crippen MR) is 91.0 cm³/mol. The van der Waals surface area contributed by atoms with Gasteiger partial charge in [0.1, 0.15) is 0 Å². The molecule has 0 amide bonds. The van der Waals surface area contributed by atoms with Gasteiger partial charge in [-0.15, -0.1) is 0 Å². The molecule has 1 fully saturated rings. The topological polar surface area (TPSA) is 0 Å². The maximum atomic E-state index is 4.87. The minimum atomic E-state index is 0.622. The average Bonchev–Trinajstić information content (AvgIpc) is 2.39. The third-order valence-electron chi connectivity index (χ3n) is 5.28. The molecule has 0 N–H and O–H groups in total. The van der Waals surface area contributed by atoms with Gasteiger partial charge in [-0.2, -0.15) is 12.6 Å². The largest absolute Gasteiger partial charge is 0.176 e. The van der Waals surface area contributed by atoms with Crippen LogP contribution in [-0.2, 0) is 0 Å². The Bertz CT molecular complexity index is 226. The molecular weight excluding hydrogens is 248 g/mol. The van der Waals surface area contributed by atoms with Gasteiger partial charge in [-0.25, -0.2) is 0 Å². The summed E-state index contributed by atoms with van der Waals surface area (Å²) in [5.74, 6) is 3.60. The molecule has 0 aromatic rings. The van der Waals surface area contributed by atoms with Crippen molar-refractivity contribution in [3.8, 4) is 0 Å². The highest BCUT2D eigenvalue weighted by atomic mass is 32.1. The molecule has 19 heavy (non-hydrogen) atoms. The van der Waals surface area contributed by atoms with Crippen molar-refractivity contribution in [2.75, 3.05) is 0 Å². The minimum Gasteiger partial charge on any atom is -0.176 e. The third-order valence-corrected chi connectivity index (χ3v) is 6.00. The molecule has 0 radical (unpaired) electrons. The van der Waals surface area contributed by atoms with Crippen LogP contribution in [0.3, 0.4) is 0 Å². The summed E-state index contributed by atoms with van der Waals surface area (Å²) in [5, 5.41) is 0.622. The van der Waals surface area contributed by atoms with Crippen LogP contribution in [0, 0.1) is 23.7 Å². The summed E-state index contributed by atoms with van der Waals surface area (Å²) in [7, 11) is 0. The first-order valence-electron chi connectivity index (χ1n) is 8.74. The fraction of sp³-hybridized carbons (Fsp3) is 1.00. The average molecular weight is 285 g/mol. The highest BCUT2D eigenvalue weighted by molar-refractivity contribution is 7.81. The minimum absolute atomic E-state index is 0.622. The molecule has 1 heteroatoms. The second-order valence-electron chi connectivity index (χ2n) is 7.22. The third kappa shape index (κ3) is 6.56. The summed E-state index contributed by atoms with van der Waals surface area (Å²) in [5.41, 5.74) is 0. The molecule has 0 aromatic heterocycles. The van der Waals surface area contributed by atoms with Gasteiger partial charge in [0, 0.05) is 5.25 Å². The predicted octanol–water partition coefficient (Wildman–Crippen LogP) is 6.35. The second kappa shape index (κ2) is 9.32. The van der Waals surface area contributed by atoms with E-state index in [0.717, 1.165) is 23.7 Å². The zero-order chi connectivity index (χ0) is 14.3. The first kappa shape index (κ1) is 17.4. The van der Waals surface area contributed by atoms with Crippen LogP contribution in [0.4, 0.5) is 0 Å². The standard InChI is InChI=1S/C18H36S/c1-5-7-8-17-10-9-14(3)11-18(19)15(4)12-16(6-2)13-17/h14-19H,5-13H2,1-4H3. The van der Waals surface area contributed by atoms with Crippen molar-refractivity contribution in [2.24, 2.45) is 23.7 Å². The van der Waals surface area contributed by atoms with E-state index in [9.17, 15) is 0 Å². The number of thiol groups is 1. The monoisotopic (exact) mass is 284 g/mol. The summed E-state index contributed by atoms with van der Waals surface area (Å²) in [6, 6.07) is 0. The molecule has 114 valence electrons. The molecule has 0 bridgehead atoms. The lowest BCUT2D eigenvalue weighted by Crippen LogP contribution is -2.22. The van der Waals surface area contributed by atoms with E-state index in [4.69, 9.17) is 12.6 Å². The smallest absolute Gasteiger partial charge is 0.00450 e. The number of hydrogen-bond donors (Lipinski definition) is 1. The van der Waals surface area contributed by atoms with E-state index in [2.05, 4.69) is 27.7 Å². The Hall–Kier alpha value is 0.350. The van der Waals surface area contributed by atoms with Crippen molar-refractivity contribution in [3.05, 3.63) is 0 Å². The lowest BCUT2D eigenvalue weighted by atomic mass is 9.77. The first-order valence-corrected chi connectivity index (χ1v) is 9.26. The fourth-order valence-corrected chi connectivity index (χ4v) is 4.22. The van der Waals surface area contributed by atoms with E-state index in [1.807, 2.05) is 0 Å². The van der Waals surface area contributed by atoms with Gasteiger partial charge in [-0.3, -0.25) is 0 Å². The Morgan fingerprint density at radius 1 is 0.947 bits per heavy atom. The van der Waals surface area contributed by atoms with Crippen molar-refractivity contribution in [2.45, 2.75) is 90.7 Å². The zero-order valence-electron chi connectivity index (χ0n) is 13.7. The lowest BCUT2D eigenvalue weighted by molar-refractivity contribution is 0.241. The van der Waals surface area contributed by atoms with Crippen LogP contribution >= 0.6 is 12.6 Å². The Kier molecular flexibility index (Phi) is 8.53. The van der Waals surface area contributed by atoms with E-state index in [0.29, 0.717) is 5.25 Å². The molecular formula is C18H36S. The molecule has 0 aliphatic heterocycles. The van der Waals surface area contributed by atoms with Gasteiger partial charge in [0.15, 0.2) is 0 Å². The van der Waals surface area contributed by atoms with Crippen molar-refractivity contribution < 1.29 is 0 Å². The highest BCUT2D eigenvalue weighted by Crippen LogP contribution is 2.35. The summed E-state index contributed by atoms with van der Waals surface area (Å²) < 4.78 is 0. The summed E-state index contributed by atoms with van der Waals surface area (Å²) in [6.07, 6.45) is 12.7. The van der Waals surface area contributed by atoms with Crippen LogP contribution in [0.5, 0.6) is 0 Å². The number of unbranched alkanes of at least 4 members (excludes halogenated alkanes) is 1. The summed E-state index contributed by atoms with van der Waals surface area (Å²) in [6.45, 7) is 9.57. The number of rotatable bonds is 4. The van der Waals surface area contributed by atoms with Gasteiger partial charge < -0.3 is 0 Å². The molecule has 5 unspecified atom stereocenters. The molecule has 1 saturated carbocycles. The highest BCUT2D eigenvalue weighted by Gasteiger charge is 2.24. The van der Waals surface area contributed by atoms with Crippen molar-refractivity contribution in [3.63, 3.8) is 0 Å². The molecule has 1 aliphatic carbocycles. The summed E-state index contributed by atoms with van der Waals surface area (Å²) in [4.78, 5) is 0. The van der Waals surface area contributed by atoms with E-state index in [1.54, 1.807) is 0 Å². The molecule has 1 rings (SSSR count). The molecule has 0 heterocycles. The fourth-order valence-electron chi connectivity index (χ4n) is 3.74. The number of hydrogen-bond acceptors (Lipinski definition) is 1. The van der Waals surface area contributed by atoms with Crippen molar-refractivity contribution >= 4 is 12.6 Å². The maximum absolute atomic E-state index is 4.87. The van der Waals surface area contributed by atoms with E-state index < -0.39 is 0 Å².